The highest BCUT2D eigenvalue weighted by molar-refractivity contribution is 14.0. The van der Waals surface area contributed by atoms with Crippen molar-refractivity contribution >= 4 is 29.9 Å². The van der Waals surface area contributed by atoms with Gasteiger partial charge in [0.15, 0.2) is 5.96 Å². The van der Waals surface area contributed by atoms with E-state index in [1.165, 1.54) is 0 Å². The highest BCUT2D eigenvalue weighted by Gasteiger charge is 2.01. The number of nitrogens with zero attached hydrogens (tertiary/aromatic N) is 2. The molecule has 0 aliphatic carbocycles. The van der Waals surface area contributed by atoms with Crippen LogP contribution < -0.4 is 20.1 Å². The molecule has 0 saturated carbocycles. The molecular formula is C17H23IN4O2. The Balaban J connectivity index is 0.00000288. The zero-order valence-corrected chi connectivity index (χ0v) is 16.2. The van der Waals surface area contributed by atoms with Gasteiger partial charge in [-0.1, -0.05) is 24.3 Å². The average molecular weight is 442 g/mol. The molecule has 0 saturated heterocycles. The van der Waals surface area contributed by atoms with Crippen LogP contribution in [-0.4, -0.2) is 38.3 Å². The molecule has 0 aliphatic heterocycles. The van der Waals surface area contributed by atoms with Crippen molar-refractivity contribution in [3.8, 4) is 11.6 Å². The molecular weight excluding hydrogens is 419 g/mol. The van der Waals surface area contributed by atoms with Crippen LogP contribution in [0, 0.1) is 0 Å². The maximum Gasteiger partial charge on any atom is 0.213 e. The number of nitrogens with one attached hydrogen (secondary N) is 2. The van der Waals surface area contributed by atoms with Gasteiger partial charge in [-0.25, -0.2) is 4.98 Å². The lowest BCUT2D eigenvalue weighted by Gasteiger charge is -2.12. The van der Waals surface area contributed by atoms with Crippen molar-refractivity contribution in [3.05, 3.63) is 54.2 Å². The summed E-state index contributed by atoms with van der Waals surface area (Å²) in [4.78, 5) is 8.51. The van der Waals surface area contributed by atoms with Crippen molar-refractivity contribution in [2.45, 2.75) is 6.54 Å². The number of pyridine rings is 1. The zero-order valence-electron chi connectivity index (χ0n) is 13.9. The second-order valence-electron chi connectivity index (χ2n) is 4.69. The van der Waals surface area contributed by atoms with Crippen LogP contribution in [0.2, 0.25) is 0 Å². The van der Waals surface area contributed by atoms with E-state index in [9.17, 15) is 0 Å². The molecule has 0 unspecified atom stereocenters. The van der Waals surface area contributed by atoms with E-state index in [2.05, 4.69) is 20.6 Å². The molecule has 1 aromatic carbocycles. The number of guanidine groups is 1. The number of aliphatic imine (C=N–C) groups is 1. The fourth-order valence-corrected chi connectivity index (χ4v) is 1.92. The van der Waals surface area contributed by atoms with Crippen molar-refractivity contribution in [3.63, 3.8) is 0 Å². The van der Waals surface area contributed by atoms with E-state index < -0.39 is 0 Å². The lowest BCUT2D eigenvalue weighted by atomic mass is 10.3. The van der Waals surface area contributed by atoms with Crippen LogP contribution in [0.5, 0.6) is 11.6 Å². The van der Waals surface area contributed by atoms with Crippen LogP contribution in [-0.2, 0) is 6.54 Å². The summed E-state index contributed by atoms with van der Waals surface area (Å²) >= 11 is 0. The molecule has 1 heterocycles. The van der Waals surface area contributed by atoms with Crippen molar-refractivity contribution in [1.82, 2.24) is 15.6 Å². The second kappa shape index (κ2) is 11.5. The minimum Gasteiger partial charge on any atom is -0.492 e. The maximum absolute atomic E-state index is 5.62. The Morgan fingerprint density at radius 3 is 2.58 bits per heavy atom. The third kappa shape index (κ3) is 7.03. The summed E-state index contributed by atoms with van der Waals surface area (Å²) in [6.45, 7) is 1.78. The van der Waals surface area contributed by atoms with E-state index >= 15 is 0 Å². The van der Waals surface area contributed by atoms with Crippen LogP contribution in [0.15, 0.2) is 53.5 Å². The minimum atomic E-state index is 0. The molecule has 0 bridgehead atoms. The summed E-state index contributed by atoms with van der Waals surface area (Å²) in [5, 5.41) is 6.39. The standard InChI is InChI=1S/C17H22N4O2.HI/c1-18-17(19-11-12-23-15-8-4-3-5-9-15)20-13-14-7-6-10-16(21-14)22-2;/h3-10H,11-13H2,1-2H3,(H2,18,19,20);1H. The molecule has 2 rings (SSSR count). The Labute approximate surface area is 159 Å². The van der Waals surface area contributed by atoms with E-state index in [1.807, 2.05) is 48.5 Å². The predicted octanol–water partition coefficient (Wildman–Crippen LogP) is 2.45. The van der Waals surface area contributed by atoms with E-state index in [0.717, 1.165) is 11.4 Å². The number of methoxy groups -OCH3 is 1. The molecule has 6 nitrogen and oxygen atoms in total. The Morgan fingerprint density at radius 1 is 1.08 bits per heavy atom. The van der Waals surface area contributed by atoms with E-state index in [0.29, 0.717) is 31.5 Å². The number of ether oxygens (including phenoxy) is 2. The van der Waals surface area contributed by atoms with Crippen LogP contribution in [0.25, 0.3) is 0 Å². The van der Waals surface area contributed by atoms with Gasteiger partial charge >= 0.3 is 0 Å². The fraction of sp³-hybridized carbons (Fsp3) is 0.294. The highest BCUT2D eigenvalue weighted by atomic mass is 127. The van der Waals surface area contributed by atoms with Gasteiger partial charge in [-0.2, -0.15) is 0 Å². The van der Waals surface area contributed by atoms with Gasteiger partial charge < -0.3 is 20.1 Å². The number of aromatic nitrogens is 1. The molecule has 2 aromatic rings. The van der Waals surface area contributed by atoms with Crippen LogP contribution >= 0.6 is 24.0 Å². The summed E-state index contributed by atoms with van der Waals surface area (Å²) in [6, 6.07) is 15.4. The Hall–Kier alpha value is -2.03. The maximum atomic E-state index is 5.62. The fourth-order valence-electron chi connectivity index (χ4n) is 1.92. The smallest absolute Gasteiger partial charge is 0.213 e. The molecule has 0 spiro atoms. The van der Waals surface area contributed by atoms with Crippen molar-refractivity contribution < 1.29 is 9.47 Å². The molecule has 24 heavy (non-hydrogen) atoms. The number of rotatable bonds is 7. The predicted molar refractivity (Wildman–Crippen MR) is 106 cm³/mol. The Kier molecular flexibility index (Phi) is 9.59. The lowest BCUT2D eigenvalue weighted by Crippen LogP contribution is -2.39. The van der Waals surface area contributed by atoms with E-state index in [4.69, 9.17) is 9.47 Å². The first kappa shape index (κ1) is 20.0. The number of hydrogen-bond donors (Lipinski definition) is 2. The highest BCUT2D eigenvalue weighted by Crippen LogP contribution is 2.07. The topological polar surface area (TPSA) is 67.8 Å². The molecule has 0 aliphatic rings. The molecule has 0 fully saturated rings. The van der Waals surface area contributed by atoms with E-state index in [1.54, 1.807) is 14.2 Å². The normalized spacial score (nSPS) is 10.5. The van der Waals surface area contributed by atoms with E-state index in [-0.39, 0.29) is 24.0 Å². The first-order valence-electron chi connectivity index (χ1n) is 7.44. The first-order valence-corrected chi connectivity index (χ1v) is 7.44. The van der Waals surface area contributed by atoms with Crippen LogP contribution in [0.3, 0.4) is 0 Å². The Morgan fingerprint density at radius 2 is 1.88 bits per heavy atom. The van der Waals surface area contributed by atoms with Crippen LogP contribution in [0.4, 0.5) is 0 Å². The first-order chi connectivity index (χ1) is 11.3. The molecule has 0 radical (unpaired) electrons. The molecule has 0 atom stereocenters. The van der Waals surface area contributed by atoms with Gasteiger partial charge in [-0.15, -0.1) is 24.0 Å². The van der Waals surface area contributed by atoms with Gasteiger partial charge in [0.1, 0.15) is 12.4 Å². The molecule has 1 aromatic heterocycles. The zero-order chi connectivity index (χ0) is 16.3. The summed E-state index contributed by atoms with van der Waals surface area (Å²) in [5.41, 5.74) is 0.882. The van der Waals surface area contributed by atoms with Crippen molar-refractivity contribution in [2.75, 3.05) is 27.3 Å². The number of para-hydroxylation sites is 1. The Bertz CT molecular complexity index is 623. The number of halogens is 1. The van der Waals surface area contributed by atoms with Crippen molar-refractivity contribution in [2.24, 2.45) is 4.99 Å². The summed E-state index contributed by atoms with van der Waals surface area (Å²) in [6.07, 6.45) is 0. The van der Waals surface area contributed by atoms with Gasteiger partial charge in [0.2, 0.25) is 5.88 Å². The van der Waals surface area contributed by atoms with Gasteiger partial charge in [0, 0.05) is 13.1 Å². The number of hydrogen-bond acceptors (Lipinski definition) is 4. The molecule has 7 heteroatoms. The third-order valence-electron chi connectivity index (χ3n) is 3.06. The lowest BCUT2D eigenvalue weighted by molar-refractivity contribution is 0.322. The average Bonchev–Trinajstić information content (AvgIpc) is 2.62. The SMILES string of the molecule is CN=C(NCCOc1ccccc1)NCc1cccc(OC)n1.I. The monoisotopic (exact) mass is 442 g/mol. The third-order valence-corrected chi connectivity index (χ3v) is 3.06. The quantitative estimate of drug-likeness (QED) is 0.299. The minimum absolute atomic E-state index is 0. The molecule has 2 N–H and O–H groups in total. The molecule has 130 valence electrons. The largest absolute Gasteiger partial charge is 0.492 e. The van der Waals surface area contributed by atoms with Crippen molar-refractivity contribution in [1.29, 1.82) is 0 Å². The summed E-state index contributed by atoms with van der Waals surface area (Å²) in [5.74, 6) is 2.16. The summed E-state index contributed by atoms with van der Waals surface area (Å²) in [7, 11) is 3.33. The van der Waals surface area contributed by atoms with Gasteiger partial charge in [-0.05, 0) is 18.2 Å². The van der Waals surface area contributed by atoms with Gasteiger partial charge in [0.05, 0.1) is 25.9 Å². The van der Waals surface area contributed by atoms with Crippen LogP contribution in [0.1, 0.15) is 5.69 Å². The summed E-state index contributed by atoms with van der Waals surface area (Å²) < 4.78 is 10.7. The van der Waals surface area contributed by atoms with Gasteiger partial charge in [-0.3, -0.25) is 4.99 Å². The van der Waals surface area contributed by atoms with Gasteiger partial charge in [0.25, 0.3) is 0 Å². The molecule has 0 amide bonds. The number of benzene rings is 1. The second-order valence-corrected chi connectivity index (χ2v) is 4.69.